The maximum atomic E-state index is 11.7. The molecule has 4 N–H and O–H groups in total. The lowest BCUT2D eigenvalue weighted by atomic mass is 9.84. The molecule has 0 spiro atoms. The number of aliphatic hydroxyl groups excluding tert-OH is 1. The van der Waals surface area contributed by atoms with Gasteiger partial charge in [0.05, 0.1) is 0 Å². The number of hydrogen-bond acceptors (Lipinski definition) is 5. The Bertz CT molecular complexity index is 380. The van der Waals surface area contributed by atoms with Gasteiger partial charge < -0.3 is 10.4 Å². The highest BCUT2D eigenvalue weighted by Gasteiger charge is 2.54. The highest BCUT2D eigenvalue weighted by Crippen LogP contribution is 2.43. The Morgan fingerprint density at radius 2 is 2.23 bits per heavy atom. The SMILES string of the molecule is CC[C@]12NC(O)N[C@H]1CS[C@H]2CCCCC(=O)NCC(C)C. The number of carbonyl (C=O) groups is 1. The van der Waals surface area contributed by atoms with Crippen molar-refractivity contribution in [3.05, 3.63) is 0 Å². The Balaban J connectivity index is 1.70. The summed E-state index contributed by atoms with van der Waals surface area (Å²) < 4.78 is 0. The Morgan fingerprint density at radius 1 is 1.45 bits per heavy atom. The molecule has 0 radical (unpaired) electrons. The van der Waals surface area contributed by atoms with E-state index in [1.54, 1.807) is 0 Å². The molecule has 2 saturated heterocycles. The molecule has 0 bridgehead atoms. The molecule has 0 aromatic rings. The van der Waals surface area contributed by atoms with Crippen molar-refractivity contribution in [2.75, 3.05) is 12.3 Å². The number of thioether (sulfide) groups is 1. The Labute approximate surface area is 138 Å². The molecule has 6 heteroatoms. The van der Waals surface area contributed by atoms with Gasteiger partial charge in [0.2, 0.25) is 5.91 Å². The molecule has 128 valence electrons. The summed E-state index contributed by atoms with van der Waals surface area (Å²) in [5.74, 6) is 1.73. The van der Waals surface area contributed by atoms with Crippen LogP contribution in [0.25, 0.3) is 0 Å². The van der Waals surface area contributed by atoms with Gasteiger partial charge in [-0.05, 0) is 25.2 Å². The summed E-state index contributed by atoms with van der Waals surface area (Å²) >= 11 is 2.00. The summed E-state index contributed by atoms with van der Waals surface area (Å²) in [5.41, 5.74) is 0.0178. The lowest BCUT2D eigenvalue weighted by molar-refractivity contribution is -0.121. The van der Waals surface area contributed by atoms with E-state index in [0.29, 0.717) is 23.6 Å². The van der Waals surface area contributed by atoms with E-state index in [2.05, 4.69) is 36.7 Å². The van der Waals surface area contributed by atoms with Crippen molar-refractivity contribution in [1.82, 2.24) is 16.0 Å². The second kappa shape index (κ2) is 7.99. The van der Waals surface area contributed by atoms with Crippen LogP contribution in [0.15, 0.2) is 0 Å². The monoisotopic (exact) mass is 329 g/mol. The van der Waals surface area contributed by atoms with Gasteiger partial charge in [0.1, 0.15) is 0 Å². The van der Waals surface area contributed by atoms with Gasteiger partial charge in [0.25, 0.3) is 0 Å². The third kappa shape index (κ3) is 4.16. The topological polar surface area (TPSA) is 73.4 Å². The number of hydrogen-bond donors (Lipinski definition) is 4. The van der Waals surface area contributed by atoms with Crippen LogP contribution in [0.5, 0.6) is 0 Å². The summed E-state index contributed by atoms with van der Waals surface area (Å²) in [5, 5.41) is 19.9. The molecular formula is C16H31N3O2S. The lowest BCUT2D eigenvalue weighted by Gasteiger charge is -2.33. The van der Waals surface area contributed by atoms with Crippen molar-refractivity contribution in [3.8, 4) is 0 Å². The van der Waals surface area contributed by atoms with E-state index < -0.39 is 6.35 Å². The summed E-state index contributed by atoms with van der Waals surface area (Å²) in [6.45, 7) is 7.17. The van der Waals surface area contributed by atoms with Crippen LogP contribution in [0, 0.1) is 5.92 Å². The first kappa shape index (κ1) is 18.0. The number of carbonyl (C=O) groups excluding carboxylic acids is 1. The van der Waals surface area contributed by atoms with Crippen LogP contribution in [0.4, 0.5) is 0 Å². The third-order valence-electron chi connectivity index (χ3n) is 4.84. The van der Waals surface area contributed by atoms with Crippen LogP contribution < -0.4 is 16.0 Å². The number of nitrogens with one attached hydrogen (secondary N) is 3. The third-order valence-corrected chi connectivity index (χ3v) is 6.42. The minimum atomic E-state index is -0.574. The van der Waals surface area contributed by atoms with Gasteiger partial charge in [0.15, 0.2) is 6.35 Å². The highest BCUT2D eigenvalue weighted by atomic mass is 32.2. The molecule has 0 aliphatic carbocycles. The van der Waals surface area contributed by atoms with Crippen LogP contribution in [0.3, 0.4) is 0 Å². The lowest BCUT2D eigenvalue weighted by Crippen LogP contribution is -2.53. The van der Waals surface area contributed by atoms with E-state index >= 15 is 0 Å². The predicted molar refractivity (Wildman–Crippen MR) is 91.6 cm³/mol. The smallest absolute Gasteiger partial charge is 0.220 e. The molecule has 4 atom stereocenters. The molecular weight excluding hydrogens is 298 g/mol. The zero-order valence-electron chi connectivity index (χ0n) is 14.0. The average molecular weight is 330 g/mol. The van der Waals surface area contributed by atoms with E-state index in [9.17, 15) is 9.90 Å². The van der Waals surface area contributed by atoms with Crippen molar-refractivity contribution in [2.45, 2.75) is 76.1 Å². The fourth-order valence-corrected chi connectivity index (χ4v) is 5.40. The first-order valence-corrected chi connectivity index (χ1v) is 9.63. The number of amides is 1. The van der Waals surface area contributed by atoms with E-state index in [4.69, 9.17) is 0 Å². The fraction of sp³-hybridized carbons (Fsp3) is 0.938. The second-order valence-electron chi connectivity index (χ2n) is 6.93. The standard InChI is InChI=1S/C16H31N3O2S/c1-4-16-12(18-15(21)19-16)10-22-13(16)7-5-6-8-14(20)17-9-11(2)3/h11-13,15,18-19,21H,4-10H2,1-3H3,(H,17,20)/t12-,13-,15?,16-/m0/s1. The molecule has 2 aliphatic heterocycles. The molecule has 2 rings (SSSR count). The van der Waals surface area contributed by atoms with Crippen LogP contribution in [0.2, 0.25) is 0 Å². The first-order valence-electron chi connectivity index (χ1n) is 8.58. The maximum absolute atomic E-state index is 11.7. The van der Waals surface area contributed by atoms with E-state index in [0.717, 1.165) is 38.0 Å². The Hall–Kier alpha value is -0.300. The van der Waals surface area contributed by atoms with Gasteiger partial charge in [-0.1, -0.05) is 27.2 Å². The normalized spacial score (nSPS) is 34.1. The van der Waals surface area contributed by atoms with E-state index in [-0.39, 0.29) is 11.4 Å². The van der Waals surface area contributed by atoms with Crippen LogP contribution in [0.1, 0.15) is 52.9 Å². The predicted octanol–water partition coefficient (Wildman–Crippen LogP) is 1.42. The molecule has 0 aromatic carbocycles. The van der Waals surface area contributed by atoms with Crippen LogP contribution in [-0.4, -0.2) is 46.5 Å². The molecule has 1 amide bonds. The second-order valence-corrected chi connectivity index (χ2v) is 8.16. The number of aliphatic hydroxyl groups is 1. The summed E-state index contributed by atoms with van der Waals surface area (Å²) in [4.78, 5) is 11.7. The van der Waals surface area contributed by atoms with E-state index in [1.807, 2.05) is 11.8 Å². The molecule has 2 heterocycles. The minimum Gasteiger partial charge on any atom is -0.365 e. The summed E-state index contributed by atoms with van der Waals surface area (Å²) in [6, 6.07) is 0.358. The quantitative estimate of drug-likeness (QED) is 0.507. The van der Waals surface area contributed by atoms with Gasteiger partial charge in [-0.3, -0.25) is 15.4 Å². The molecule has 0 aromatic heterocycles. The summed E-state index contributed by atoms with van der Waals surface area (Å²) in [7, 11) is 0. The van der Waals surface area contributed by atoms with Gasteiger partial charge in [-0.15, -0.1) is 0 Å². The van der Waals surface area contributed by atoms with E-state index in [1.165, 1.54) is 0 Å². The molecule has 22 heavy (non-hydrogen) atoms. The number of fused-ring (bicyclic) bond motifs is 1. The van der Waals surface area contributed by atoms with Crippen molar-refractivity contribution >= 4 is 17.7 Å². The van der Waals surface area contributed by atoms with Gasteiger partial charge in [0, 0.05) is 35.5 Å². The molecule has 1 unspecified atom stereocenters. The Kier molecular flexibility index (Phi) is 6.56. The summed E-state index contributed by atoms with van der Waals surface area (Å²) in [6.07, 6.45) is 4.19. The van der Waals surface area contributed by atoms with Crippen molar-refractivity contribution in [2.24, 2.45) is 5.92 Å². The molecule has 5 nitrogen and oxygen atoms in total. The molecule has 2 aliphatic rings. The highest BCUT2D eigenvalue weighted by molar-refractivity contribution is 8.00. The van der Waals surface area contributed by atoms with Crippen LogP contribution in [-0.2, 0) is 4.79 Å². The first-order chi connectivity index (χ1) is 10.5. The zero-order valence-corrected chi connectivity index (χ0v) is 14.8. The minimum absolute atomic E-state index is 0.0178. The van der Waals surface area contributed by atoms with Gasteiger partial charge in [-0.25, -0.2) is 0 Å². The van der Waals surface area contributed by atoms with Crippen molar-refractivity contribution < 1.29 is 9.90 Å². The molecule has 0 saturated carbocycles. The number of unbranched alkanes of at least 4 members (excludes halogenated alkanes) is 1. The maximum Gasteiger partial charge on any atom is 0.220 e. The largest absolute Gasteiger partial charge is 0.365 e. The average Bonchev–Trinajstić information content (AvgIpc) is 2.96. The molecule has 2 fully saturated rings. The van der Waals surface area contributed by atoms with Crippen molar-refractivity contribution in [1.29, 1.82) is 0 Å². The van der Waals surface area contributed by atoms with Crippen LogP contribution >= 0.6 is 11.8 Å². The van der Waals surface area contributed by atoms with Gasteiger partial charge >= 0.3 is 0 Å². The fourth-order valence-electron chi connectivity index (χ4n) is 3.55. The van der Waals surface area contributed by atoms with Gasteiger partial charge in [-0.2, -0.15) is 11.8 Å². The Morgan fingerprint density at radius 3 is 2.91 bits per heavy atom. The van der Waals surface area contributed by atoms with Crippen molar-refractivity contribution in [3.63, 3.8) is 0 Å². The zero-order chi connectivity index (χ0) is 16.2. The number of rotatable bonds is 8.